The van der Waals surface area contributed by atoms with Crippen LogP contribution in [0.5, 0.6) is 5.75 Å². The van der Waals surface area contributed by atoms with Crippen LogP contribution < -0.4 is 15.7 Å². The summed E-state index contributed by atoms with van der Waals surface area (Å²) in [4.78, 5) is 23.9. The molecule has 1 heterocycles. The Kier molecular flexibility index (Phi) is 5.39. The van der Waals surface area contributed by atoms with E-state index in [0.29, 0.717) is 23.3 Å². The Hall–Kier alpha value is -2.34. The third-order valence-corrected chi connectivity index (χ3v) is 3.69. The summed E-state index contributed by atoms with van der Waals surface area (Å²) in [6, 6.07) is 5.31. The number of amides is 1. The predicted octanol–water partition coefficient (Wildman–Crippen LogP) is 1.54. The molecule has 0 spiro atoms. The summed E-state index contributed by atoms with van der Waals surface area (Å²) in [5.74, 6) is 0.407. The van der Waals surface area contributed by atoms with Gasteiger partial charge in [0.25, 0.3) is 0 Å². The van der Waals surface area contributed by atoms with Crippen LogP contribution in [0.25, 0.3) is 11.0 Å². The van der Waals surface area contributed by atoms with E-state index in [-0.39, 0.29) is 18.9 Å². The minimum atomic E-state index is -0.596. The monoisotopic (exact) mass is 319 g/mol. The quantitative estimate of drug-likeness (QED) is 0.789. The van der Waals surface area contributed by atoms with Crippen molar-refractivity contribution in [1.29, 1.82) is 0 Å². The second-order valence-electron chi connectivity index (χ2n) is 5.51. The van der Waals surface area contributed by atoms with Gasteiger partial charge in [-0.3, -0.25) is 4.79 Å². The number of carbonyl (C=O) groups excluding carboxylic acids is 1. The average Bonchev–Trinajstić information content (AvgIpc) is 2.52. The minimum absolute atomic E-state index is 0.167. The first-order chi connectivity index (χ1) is 10.9. The SMILES string of the molecule is COc1ccc2c(C)c(CCC(=O)NC[C@@H](C)O)c(=O)oc2c1. The first-order valence-corrected chi connectivity index (χ1v) is 7.47. The fraction of sp³-hybridized carbons (Fsp3) is 0.412. The molecule has 1 amide bonds. The number of rotatable bonds is 6. The van der Waals surface area contributed by atoms with Gasteiger partial charge in [0.1, 0.15) is 11.3 Å². The number of aliphatic hydroxyl groups is 1. The molecule has 0 aliphatic heterocycles. The van der Waals surface area contributed by atoms with E-state index < -0.39 is 11.7 Å². The van der Waals surface area contributed by atoms with E-state index in [1.807, 2.05) is 13.0 Å². The zero-order valence-corrected chi connectivity index (χ0v) is 13.5. The number of hydrogen-bond donors (Lipinski definition) is 2. The number of carbonyl (C=O) groups is 1. The van der Waals surface area contributed by atoms with Crippen LogP contribution in [-0.4, -0.2) is 30.8 Å². The molecule has 124 valence electrons. The van der Waals surface area contributed by atoms with Crippen LogP contribution in [0.1, 0.15) is 24.5 Å². The van der Waals surface area contributed by atoms with Crippen molar-refractivity contribution in [3.8, 4) is 5.75 Å². The molecule has 6 heteroatoms. The lowest BCUT2D eigenvalue weighted by molar-refractivity contribution is -0.121. The lowest BCUT2D eigenvalue weighted by Crippen LogP contribution is -2.31. The molecule has 1 atom stereocenters. The van der Waals surface area contributed by atoms with Gasteiger partial charge >= 0.3 is 5.63 Å². The maximum atomic E-state index is 12.2. The van der Waals surface area contributed by atoms with E-state index in [1.54, 1.807) is 26.2 Å². The van der Waals surface area contributed by atoms with Gasteiger partial charge in [-0.1, -0.05) is 0 Å². The van der Waals surface area contributed by atoms with Crippen LogP contribution >= 0.6 is 0 Å². The number of benzene rings is 1. The van der Waals surface area contributed by atoms with Crippen LogP contribution in [0.3, 0.4) is 0 Å². The predicted molar refractivity (Wildman–Crippen MR) is 86.8 cm³/mol. The number of hydrogen-bond acceptors (Lipinski definition) is 5. The van der Waals surface area contributed by atoms with Crippen LogP contribution in [0.15, 0.2) is 27.4 Å². The second-order valence-corrected chi connectivity index (χ2v) is 5.51. The van der Waals surface area contributed by atoms with Crippen LogP contribution in [0.2, 0.25) is 0 Å². The average molecular weight is 319 g/mol. The molecule has 0 unspecified atom stereocenters. The van der Waals surface area contributed by atoms with E-state index in [1.165, 1.54) is 0 Å². The smallest absolute Gasteiger partial charge is 0.339 e. The summed E-state index contributed by atoms with van der Waals surface area (Å²) >= 11 is 0. The van der Waals surface area contributed by atoms with Crippen molar-refractivity contribution in [2.75, 3.05) is 13.7 Å². The van der Waals surface area contributed by atoms with Gasteiger partial charge in [-0.15, -0.1) is 0 Å². The largest absolute Gasteiger partial charge is 0.497 e. The highest BCUT2D eigenvalue weighted by atomic mass is 16.5. The van der Waals surface area contributed by atoms with Crippen LogP contribution in [-0.2, 0) is 11.2 Å². The molecule has 2 aromatic rings. The lowest BCUT2D eigenvalue weighted by atomic mass is 10.0. The van der Waals surface area contributed by atoms with Crippen LogP contribution in [0, 0.1) is 6.92 Å². The molecule has 0 saturated carbocycles. The van der Waals surface area contributed by atoms with Crippen molar-refractivity contribution in [3.63, 3.8) is 0 Å². The summed E-state index contributed by atoms with van der Waals surface area (Å²) in [6.07, 6.45) is -0.136. The topological polar surface area (TPSA) is 88.8 Å². The number of fused-ring (bicyclic) bond motifs is 1. The normalized spacial score (nSPS) is 12.2. The van der Waals surface area contributed by atoms with Gasteiger partial charge in [-0.25, -0.2) is 4.79 Å². The zero-order chi connectivity index (χ0) is 17.0. The molecular formula is C17H21NO5. The molecule has 2 rings (SSSR count). The second kappa shape index (κ2) is 7.28. The summed E-state index contributed by atoms with van der Waals surface area (Å²) in [5, 5.41) is 12.6. The Balaban J connectivity index is 2.21. The third-order valence-electron chi connectivity index (χ3n) is 3.69. The maximum absolute atomic E-state index is 12.2. The molecule has 0 aliphatic rings. The summed E-state index contributed by atoms with van der Waals surface area (Å²) < 4.78 is 10.5. The minimum Gasteiger partial charge on any atom is -0.497 e. The Morgan fingerprint density at radius 2 is 2.17 bits per heavy atom. The van der Waals surface area contributed by atoms with E-state index in [4.69, 9.17) is 14.3 Å². The number of nitrogens with one attached hydrogen (secondary N) is 1. The Morgan fingerprint density at radius 1 is 1.43 bits per heavy atom. The fourth-order valence-electron chi connectivity index (χ4n) is 2.38. The Labute approximate surface area is 134 Å². The number of ether oxygens (including phenoxy) is 1. The molecule has 1 aromatic heterocycles. The summed E-state index contributed by atoms with van der Waals surface area (Å²) in [5.41, 5.74) is 1.33. The molecule has 0 fully saturated rings. The van der Waals surface area contributed by atoms with Crippen molar-refractivity contribution in [3.05, 3.63) is 39.7 Å². The molecule has 0 saturated heterocycles. The van der Waals surface area contributed by atoms with E-state index in [2.05, 4.69) is 5.32 Å². The fourth-order valence-corrected chi connectivity index (χ4v) is 2.38. The van der Waals surface area contributed by atoms with Gasteiger partial charge in [0.2, 0.25) is 5.91 Å². The van der Waals surface area contributed by atoms with Gasteiger partial charge in [0, 0.05) is 30.0 Å². The molecule has 0 aliphatic carbocycles. The Bertz CT molecular complexity index is 763. The first-order valence-electron chi connectivity index (χ1n) is 7.47. The van der Waals surface area contributed by atoms with Gasteiger partial charge in [-0.05, 0) is 38.0 Å². The van der Waals surface area contributed by atoms with E-state index >= 15 is 0 Å². The Morgan fingerprint density at radius 3 is 2.83 bits per heavy atom. The van der Waals surface area contributed by atoms with Crippen molar-refractivity contribution in [2.24, 2.45) is 0 Å². The standard InChI is InChI=1S/C17H21NO5/c1-10(19)9-18-16(20)7-6-14-11(2)13-5-4-12(22-3)8-15(13)23-17(14)21/h4-5,8,10,19H,6-7,9H2,1-3H3,(H,18,20)/t10-/m1/s1. The number of aryl methyl sites for hydroxylation is 1. The molecular weight excluding hydrogens is 298 g/mol. The number of methoxy groups -OCH3 is 1. The van der Waals surface area contributed by atoms with Crippen LogP contribution in [0.4, 0.5) is 0 Å². The molecule has 1 aromatic carbocycles. The van der Waals surface area contributed by atoms with Crippen molar-refractivity contribution >= 4 is 16.9 Å². The third kappa shape index (κ3) is 4.10. The van der Waals surface area contributed by atoms with Crippen molar-refractivity contribution < 1.29 is 19.1 Å². The molecule has 6 nitrogen and oxygen atoms in total. The maximum Gasteiger partial charge on any atom is 0.339 e. The highest BCUT2D eigenvalue weighted by Gasteiger charge is 2.13. The summed E-state index contributed by atoms with van der Waals surface area (Å²) in [7, 11) is 1.55. The molecule has 23 heavy (non-hydrogen) atoms. The van der Waals surface area contributed by atoms with Gasteiger partial charge in [-0.2, -0.15) is 0 Å². The van der Waals surface area contributed by atoms with Gasteiger partial charge < -0.3 is 19.6 Å². The molecule has 2 N–H and O–H groups in total. The molecule has 0 radical (unpaired) electrons. The van der Waals surface area contributed by atoms with Gasteiger partial charge in [0.15, 0.2) is 0 Å². The zero-order valence-electron chi connectivity index (χ0n) is 13.5. The number of aliphatic hydroxyl groups excluding tert-OH is 1. The first kappa shape index (κ1) is 17.0. The van der Waals surface area contributed by atoms with E-state index in [0.717, 1.165) is 10.9 Å². The summed E-state index contributed by atoms with van der Waals surface area (Å²) in [6.45, 7) is 3.63. The molecule has 0 bridgehead atoms. The van der Waals surface area contributed by atoms with Crippen molar-refractivity contribution in [2.45, 2.75) is 32.8 Å². The lowest BCUT2D eigenvalue weighted by Gasteiger charge is -2.10. The highest BCUT2D eigenvalue weighted by Crippen LogP contribution is 2.24. The van der Waals surface area contributed by atoms with E-state index in [9.17, 15) is 9.59 Å². The highest BCUT2D eigenvalue weighted by molar-refractivity contribution is 5.82. The van der Waals surface area contributed by atoms with Gasteiger partial charge in [0.05, 0.1) is 13.2 Å². The van der Waals surface area contributed by atoms with Crippen molar-refractivity contribution in [1.82, 2.24) is 5.32 Å².